The van der Waals surface area contributed by atoms with Gasteiger partial charge >= 0.3 is 0 Å². The summed E-state index contributed by atoms with van der Waals surface area (Å²) in [5, 5.41) is 7.36. The zero-order valence-corrected chi connectivity index (χ0v) is 10.7. The summed E-state index contributed by atoms with van der Waals surface area (Å²) < 4.78 is 2.15. The second-order valence-corrected chi connectivity index (χ2v) is 4.68. The van der Waals surface area contributed by atoms with E-state index in [0.29, 0.717) is 5.92 Å². The Balaban J connectivity index is 2.18. The molecule has 2 aromatic rings. The Kier molecular flexibility index (Phi) is 3.46. The summed E-state index contributed by atoms with van der Waals surface area (Å²) in [6.07, 6.45) is 3.83. The fourth-order valence-corrected chi connectivity index (χ4v) is 1.94. The average Bonchev–Trinajstić information content (AvgIpc) is 2.78. The Morgan fingerprint density at radius 3 is 2.56 bits per heavy atom. The van der Waals surface area contributed by atoms with Crippen LogP contribution < -0.4 is 5.73 Å². The molecule has 0 bridgehead atoms. The first-order valence-electron chi connectivity index (χ1n) is 6.02. The highest BCUT2D eigenvalue weighted by atomic mass is 15.1. The number of rotatable bonds is 4. The second kappa shape index (κ2) is 5.04. The number of nitrogens with zero attached hydrogens (tertiary/aromatic N) is 2. The van der Waals surface area contributed by atoms with Gasteiger partial charge in [0.1, 0.15) is 11.7 Å². The molecule has 0 amide bonds. The summed E-state index contributed by atoms with van der Waals surface area (Å²) in [6.45, 7) is 5.07. The first-order chi connectivity index (χ1) is 8.58. The molecule has 3 N–H and O–H groups in total. The molecule has 94 valence electrons. The molecular weight excluding hydrogens is 224 g/mol. The van der Waals surface area contributed by atoms with Gasteiger partial charge in [-0.15, -0.1) is 0 Å². The first kappa shape index (κ1) is 12.4. The number of nitrogen functional groups attached to an aromatic ring is 1. The van der Waals surface area contributed by atoms with Gasteiger partial charge in [0.2, 0.25) is 0 Å². The van der Waals surface area contributed by atoms with E-state index in [1.54, 1.807) is 0 Å². The van der Waals surface area contributed by atoms with E-state index >= 15 is 0 Å². The predicted octanol–water partition coefficient (Wildman–Crippen LogP) is 2.34. The van der Waals surface area contributed by atoms with Crippen molar-refractivity contribution in [3.63, 3.8) is 0 Å². The van der Waals surface area contributed by atoms with Crippen LogP contribution in [0.1, 0.15) is 36.7 Å². The third-order valence-corrected chi connectivity index (χ3v) is 2.88. The fraction of sp³-hybridized carbons (Fsp3) is 0.286. The Labute approximate surface area is 107 Å². The minimum Gasteiger partial charge on any atom is -0.384 e. The molecule has 0 fully saturated rings. The standard InChI is InChI=1S/C14H18N4/c1-10(2)14-17-7-8-18(14)9-11-3-5-12(6-4-11)13(15)16/h3-8,10H,9H2,1-2H3,(H3,15,16). The topological polar surface area (TPSA) is 67.7 Å². The lowest BCUT2D eigenvalue weighted by molar-refractivity contribution is 0.669. The van der Waals surface area contributed by atoms with Gasteiger partial charge < -0.3 is 10.3 Å². The maximum Gasteiger partial charge on any atom is 0.122 e. The summed E-state index contributed by atoms with van der Waals surface area (Å²) in [5.74, 6) is 1.61. The molecule has 18 heavy (non-hydrogen) atoms. The molecule has 0 atom stereocenters. The van der Waals surface area contributed by atoms with E-state index in [1.165, 1.54) is 5.56 Å². The van der Waals surface area contributed by atoms with Crippen LogP contribution in [0, 0.1) is 5.41 Å². The van der Waals surface area contributed by atoms with Gasteiger partial charge in [0.25, 0.3) is 0 Å². The largest absolute Gasteiger partial charge is 0.384 e. The van der Waals surface area contributed by atoms with Crippen LogP contribution in [0.5, 0.6) is 0 Å². The van der Waals surface area contributed by atoms with Crippen LogP contribution in [0.4, 0.5) is 0 Å². The summed E-state index contributed by atoms with van der Waals surface area (Å²) in [6, 6.07) is 7.76. The molecule has 1 heterocycles. The normalized spacial score (nSPS) is 10.8. The molecule has 4 nitrogen and oxygen atoms in total. The molecule has 0 radical (unpaired) electrons. The summed E-state index contributed by atoms with van der Waals surface area (Å²) in [7, 11) is 0. The van der Waals surface area contributed by atoms with E-state index in [2.05, 4.69) is 23.4 Å². The number of hydrogen-bond donors (Lipinski definition) is 2. The summed E-state index contributed by atoms with van der Waals surface area (Å²) in [5.41, 5.74) is 7.37. The molecule has 0 unspecified atom stereocenters. The van der Waals surface area contributed by atoms with Gasteiger partial charge in [-0.25, -0.2) is 4.98 Å². The lowest BCUT2D eigenvalue weighted by Gasteiger charge is -2.10. The third kappa shape index (κ3) is 2.59. The minimum atomic E-state index is 0.104. The van der Waals surface area contributed by atoms with Gasteiger partial charge in [-0.3, -0.25) is 5.41 Å². The van der Waals surface area contributed by atoms with Gasteiger partial charge in [-0.1, -0.05) is 38.1 Å². The van der Waals surface area contributed by atoms with Crippen molar-refractivity contribution in [1.82, 2.24) is 9.55 Å². The van der Waals surface area contributed by atoms with Gasteiger partial charge in [-0.05, 0) is 5.56 Å². The monoisotopic (exact) mass is 242 g/mol. The Bertz CT molecular complexity index is 537. The average molecular weight is 242 g/mol. The molecule has 4 heteroatoms. The molecule has 0 aliphatic rings. The van der Waals surface area contributed by atoms with E-state index in [0.717, 1.165) is 17.9 Å². The van der Waals surface area contributed by atoms with Gasteiger partial charge in [0.05, 0.1) is 0 Å². The highest BCUT2D eigenvalue weighted by Crippen LogP contribution is 2.14. The lowest BCUT2D eigenvalue weighted by atomic mass is 10.1. The highest BCUT2D eigenvalue weighted by molar-refractivity contribution is 5.94. The Hall–Kier alpha value is -2.10. The summed E-state index contributed by atoms with van der Waals surface area (Å²) in [4.78, 5) is 4.37. The smallest absolute Gasteiger partial charge is 0.122 e. The van der Waals surface area contributed by atoms with E-state index in [9.17, 15) is 0 Å². The number of nitrogens with one attached hydrogen (secondary N) is 1. The minimum absolute atomic E-state index is 0.104. The molecule has 0 aliphatic heterocycles. The number of hydrogen-bond acceptors (Lipinski definition) is 2. The van der Waals surface area contributed by atoms with Crippen LogP contribution in [0.15, 0.2) is 36.7 Å². The molecular formula is C14H18N4. The van der Waals surface area contributed by atoms with Crippen molar-refractivity contribution >= 4 is 5.84 Å². The van der Waals surface area contributed by atoms with Crippen molar-refractivity contribution in [2.45, 2.75) is 26.3 Å². The van der Waals surface area contributed by atoms with Crippen molar-refractivity contribution in [3.05, 3.63) is 53.6 Å². The molecule has 0 saturated heterocycles. The number of nitrogens with two attached hydrogens (primary N) is 1. The van der Waals surface area contributed by atoms with E-state index in [4.69, 9.17) is 11.1 Å². The zero-order valence-electron chi connectivity index (χ0n) is 10.7. The van der Waals surface area contributed by atoms with Crippen LogP contribution in [-0.4, -0.2) is 15.4 Å². The third-order valence-electron chi connectivity index (χ3n) is 2.88. The molecule has 0 spiro atoms. The number of aromatic nitrogens is 2. The zero-order chi connectivity index (χ0) is 13.1. The fourth-order valence-electron chi connectivity index (χ4n) is 1.94. The van der Waals surface area contributed by atoms with Gasteiger partial charge in [0, 0.05) is 30.4 Å². The van der Waals surface area contributed by atoms with Crippen molar-refractivity contribution in [2.24, 2.45) is 5.73 Å². The molecule has 1 aromatic carbocycles. The Morgan fingerprint density at radius 2 is 2.00 bits per heavy atom. The van der Waals surface area contributed by atoms with Crippen molar-refractivity contribution in [2.75, 3.05) is 0 Å². The molecule has 0 aliphatic carbocycles. The predicted molar refractivity (Wildman–Crippen MR) is 72.9 cm³/mol. The van der Waals surface area contributed by atoms with E-state index in [-0.39, 0.29) is 5.84 Å². The maximum atomic E-state index is 7.36. The van der Waals surface area contributed by atoms with Crippen molar-refractivity contribution in [1.29, 1.82) is 5.41 Å². The number of amidine groups is 1. The first-order valence-corrected chi connectivity index (χ1v) is 6.02. The molecule has 1 aromatic heterocycles. The number of imidazole rings is 1. The molecule has 2 rings (SSSR count). The van der Waals surface area contributed by atoms with Gasteiger partial charge in [0.15, 0.2) is 0 Å². The molecule has 0 saturated carbocycles. The van der Waals surface area contributed by atoms with Crippen LogP contribution in [0.25, 0.3) is 0 Å². The van der Waals surface area contributed by atoms with Crippen molar-refractivity contribution in [3.8, 4) is 0 Å². The van der Waals surface area contributed by atoms with Crippen LogP contribution in [0.3, 0.4) is 0 Å². The quantitative estimate of drug-likeness (QED) is 0.638. The van der Waals surface area contributed by atoms with Crippen LogP contribution >= 0.6 is 0 Å². The van der Waals surface area contributed by atoms with E-state index in [1.807, 2.05) is 36.7 Å². The van der Waals surface area contributed by atoms with Crippen molar-refractivity contribution < 1.29 is 0 Å². The SMILES string of the molecule is CC(C)c1nccn1Cc1ccc(C(=N)N)cc1. The summed E-state index contributed by atoms with van der Waals surface area (Å²) >= 11 is 0. The lowest BCUT2D eigenvalue weighted by Crippen LogP contribution is -2.11. The maximum absolute atomic E-state index is 7.36. The van der Waals surface area contributed by atoms with E-state index < -0.39 is 0 Å². The highest BCUT2D eigenvalue weighted by Gasteiger charge is 2.07. The number of benzene rings is 1. The van der Waals surface area contributed by atoms with Crippen LogP contribution in [0.2, 0.25) is 0 Å². The van der Waals surface area contributed by atoms with Gasteiger partial charge in [-0.2, -0.15) is 0 Å². The Morgan fingerprint density at radius 1 is 1.33 bits per heavy atom. The van der Waals surface area contributed by atoms with Crippen LogP contribution in [-0.2, 0) is 6.54 Å². The second-order valence-electron chi connectivity index (χ2n) is 4.68.